The number of rotatable bonds is 5. The fourth-order valence-electron chi connectivity index (χ4n) is 2.26. The molecule has 0 saturated heterocycles. The lowest BCUT2D eigenvalue weighted by Gasteiger charge is -2.15. The van der Waals surface area contributed by atoms with Gasteiger partial charge in [0.1, 0.15) is 0 Å². The Morgan fingerprint density at radius 1 is 1.50 bits per heavy atom. The molecule has 3 N–H and O–H groups in total. The molecule has 18 heavy (non-hydrogen) atoms. The maximum absolute atomic E-state index is 12.0. The second-order valence-corrected chi connectivity index (χ2v) is 6.02. The Morgan fingerprint density at radius 3 is 2.78 bits per heavy atom. The fourth-order valence-corrected chi connectivity index (χ4v) is 2.64. The van der Waals surface area contributed by atoms with Gasteiger partial charge < -0.3 is 11.1 Å². The summed E-state index contributed by atoms with van der Waals surface area (Å²) in [4.78, 5) is 12.0. The van der Waals surface area contributed by atoms with Crippen molar-refractivity contribution in [3.8, 4) is 0 Å². The number of carbonyl (C=O) groups is 1. The van der Waals surface area contributed by atoms with Crippen LogP contribution in [-0.4, -0.2) is 12.5 Å². The number of hydrogen-bond donors (Lipinski definition) is 2. The number of hydrogen-bond acceptors (Lipinski definition) is 2. The normalized spacial score (nSPS) is 16.3. The van der Waals surface area contributed by atoms with E-state index in [4.69, 9.17) is 5.73 Å². The highest BCUT2D eigenvalue weighted by molar-refractivity contribution is 9.10. The van der Waals surface area contributed by atoms with Gasteiger partial charge >= 0.3 is 0 Å². The van der Waals surface area contributed by atoms with Crippen molar-refractivity contribution in [2.45, 2.75) is 32.6 Å². The summed E-state index contributed by atoms with van der Waals surface area (Å²) < 4.78 is 0.768. The van der Waals surface area contributed by atoms with Crippen LogP contribution in [0.15, 0.2) is 22.7 Å². The van der Waals surface area contributed by atoms with Crippen molar-refractivity contribution >= 4 is 27.5 Å². The van der Waals surface area contributed by atoms with E-state index >= 15 is 0 Å². The van der Waals surface area contributed by atoms with Crippen molar-refractivity contribution in [2.75, 3.05) is 12.3 Å². The van der Waals surface area contributed by atoms with Gasteiger partial charge in [-0.25, -0.2) is 0 Å². The van der Waals surface area contributed by atoms with E-state index in [-0.39, 0.29) is 5.91 Å². The van der Waals surface area contributed by atoms with Crippen LogP contribution in [0.2, 0.25) is 0 Å². The molecule has 0 heterocycles. The number of nitrogens with one attached hydrogen (secondary N) is 1. The van der Waals surface area contributed by atoms with Crippen LogP contribution in [0.1, 0.15) is 43.0 Å². The topological polar surface area (TPSA) is 55.1 Å². The SMILES string of the molecule is CCCC1(CNC(=O)c2ccc(N)c(Br)c2)CC1. The molecule has 4 heteroatoms. The molecule has 0 aliphatic heterocycles. The van der Waals surface area contributed by atoms with Crippen LogP contribution in [0.25, 0.3) is 0 Å². The smallest absolute Gasteiger partial charge is 0.251 e. The molecule has 1 amide bonds. The molecule has 0 aromatic heterocycles. The third kappa shape index (κ3) is 3.05. The molecule has 1 aromatic rings. The first-order valence-corrected chi connectivity index (χ1v) is 7.19. The Bertz CT molecular complexity index is 455. The molecule has 0 spiro atoms. The van der Waals surface area contributed by atoms with Gasteiger partial charge in [-0.05, 0) is 58.8 Å². The van der Waals surface area contributed by atoms with Crippen LogP contribution in [0.5, 0.6) is 0 Å². The number of amides is 1. The molecule has 1 saturated carbocycles. The van der Waals surface area contributed by atoms with Gasteiger partial charge in [-0.2, -0.15) is 0 Å². The monoisotopic (exact) mass is 310 g/mol. The standard InChI is InChI=1S/C14H19BrN2O/c1-2-5-14(6-7-14)9-17-13(18)10-3-4-12(16)11(15)8-10/h3-4,8H,2,5-7,9,16H2,1H3,(H,17,18). The molecule has 1 aromatic carbocycles. The molecule has 1 aliphatic rings. The Balaban J connectivity index is 1.93. The number of anilines is 1. The molecular formula is C14H19BrN2O. The van der Waals surface area contributed by atoms with Gasteiger partial charge in [0, 0.05) is 22.3 Å². The lowest BCUT2D eigenvalue weighted by molar-refractivity contribution is 0.0943. The zero-order valence-corrected chi connectivity index (χ0v) is 12.2. The minimum Gasteiger partial charge on any atom is -0.398 e. The van der Waals surface area contributed by atoms with Crippen molar-refractivity contribution < 1.29 is 4.79 Å². The average Bonchev–Trinajstić information content (AvgIpc) is 3.11. The largest absolute Gasteiger partial charge is 0.398 e. The molecule has 1 fully saturated rings. The Hall–Kier alpha value is -1.03. The highest BCUT2D eigenvalue weighted by atomic mass is 79.9. The first-order chi connectivity index (χ1) is 8.56. The lowest BCUT2D eigenvalue weighted by Crippen LogP contribution is -2.30. The molecule has 0 radical (unpaired) electrons. The third-order valence-corrected chi connectivity index (χ3v) is 4.31. The molecule has 0 unspecified atom stereocenters. The highest BCUT2D eigenvalue weighted by Gasteiger charge is 2.41. The second-order valence-electron chi connectivity index (χ2n) is 5.17. The van der Waals surface area contributed by atoms with Gasteiger partial charge in [0.15, 0.2) is 0 Å². The number of benzene rings is 1. The van der Waals surface area contributed by atoms with Gasteiger partial charge in [-0.3, -0.25) is 4.79 Å². The summed E-state index contributed by atoms with van der Waals surface area (Å²) in [7, 11) is 0. The van der Waals surface area contributed by atoms with Crippen molar-refractivity contribution in [1.82, 2.24) is 5.32 Å². The Morgan fingerprint density at radius 2 is 2.22 bits per heavy atom. The minimum atomic E-state index is -0.0157. The van der Waals surface area contributed by atoms with E-state index in [0.29, 0.717) is 16.7 Å². The number of halogens is 1. The Labute approximate surface area is 116 Å². The quantitative estimate of drug-likeness (QED) is 0.819. The van der Waals surface area contributed by atoms with Crippen LogP contribution in [0, 0.1) is 5.41 Å². The van der Waals surface area contributed by atoms with Crippen molar-refractivity contribution in [2.24, 2.45) is 5.41 Å². The predicted molar refractivity (Wildman–Crippen MR) is 77.5 cm³/mol. The molecular weight excluding hydrogens is 292 g/mol. The summed E-state index contributed by atoms with van der Waals surface area (Å²) in [5, 5.41) is 3.03. The van der Waals surface area contributed by atoms with Gasteiger partial charge in [0.25, 0.3) is 5.91 Å². The van der Waals surface area contributed by atoms with Gasteiger partial charge in [0.05, 0.1) is 0 Å². The van der Waals surface area contributed by atoms with Crippen LogP contribution >= 0.6 is 15.9 Å². The van der Waals surface area contributed by atoms with Gasteiger partial charge in [-0.15, -0.1) is 0 Å². The van der Waals surface area contributed by atoms with Crippen LogP contribution in [0.3, 0.4) is 0 Å². The fraction of sp³-hybridized carbons (Fsp3) is 0.500. The molecule has 3 nitrogen and oxygen atoms in total. The minimum absolute atomic E-state index is 0.0157. The number of nitrogen functional groups attached to an aromatic ring is 1. The zero-order chi connectivity index (χ0) is 13.2. The zero-order valence-electron chi connectivity index (χ0n) is 10.6. The number of carbonyl (C=O) groups excluding carboxylic acids is 1. The summed E-state index contributed by atoms with van der Waals surface area (Å²) in [6.45, 7) is 2.99. The van der Waals surface area contributed by atoms with Crippen molar-refractivity contribution in [3.05, 3.63) is 28.2 Å². The first-order valence-electron chi connectivity index (χ1n) is 6.39. The van der Waals surface area contributed by atoms with Crippen LogP contribution in [0.4, 0.5) is 5.69 Å². The van der Waals surface area contributed by atoms with E-state index in [2.05, 4.69) is 28.2 Å². The van der Waals surface area contributed by atoms with E-state index in [1.807, 2.05) is 0 Å². The summed E-state index contributed by atoms with van der Waals surface area (Å²) in [6, 6.07) is 5.27. The summed E-state index contributed by atoms with van der Waals surface area (Å²) in [5.41, 5.74) is 7.39. The number of nitrogens with two attached hydrogens (primary N) is 1. The predicted octanol–water partition coefficient (Wildman–Crippen LogP) is 3.34. The molecule has 0 bridgehead atoms. The van der Waals surface area contributed by atoms with E-state index in [0.717, 1.165) is 11.0 Å². The van der Waals surface area contributed by atoms with E-state index in [1.54, 1.807) is 18.2 Å². The average molecular weight is 311 g/mol. The Kier molecular flexibility index (Phi) is 3.95. The van der Waals surface area contributed by atoms with Crippen molar-refractivity contribution in [1.29, 1.82) is 0 Å². The lowest BCUT2D eigenvalue weighted by atomic mass is 10.0. The van der Waals surface area contributed by atoms with E-state index < -0.39 is 0 Å². The molecule has 1 aliphatic carbocycles. The van der Waals surface area contributed by atoms with Crippen molar-refractivity contribution in [3.63, 3.8) is 0 Å². The van der Waals surface area contributed by atoms with Crippen LogP contribution in [-0.2, 0) is 0 Å². The summed E-state index contributed by atoms with van der Waals surface area (Å²) in [6.07, 6.45) is 4.88. The third-order valence-electron chi connectivity index (χ3n) is 3.62. The highest BCUT2D eigenvalue weighted by Crippen LogP contribution is 2.48. The molecule has 98 valence electrons. The van der Waals surface area contributed by atoms with Gasteiger partial charge in [0.2, 0.25) is 0 Å². The maximum atomic E-state index is 12.0. The first kappa shape index (κ1) is 13.4. The summed E-state index contributed by atoms with van der Waals surface area (Å²) >= 11 is 3.34. The van der Waals surface area contributed by atoms with E-state index in [1.165, 1.54) is 25.7 Å². The maximum Gasteiger partial charge on any atom is 0.251 e. The van der Waals surface area contributed by atoms with Gasteiger partial charge in [-0.1, -0.05) is 13.3 Å². The summed E-state index contributed by atoms with van der Waals surface area (Å²) in [5.74, 6) is -0.0157. The second kappa shape index (κ2) is 5.31. The molecule has 0 atom stereocenters. The van der Waals surface area contributed by atoms with Crippen LogP contribution < -0.4 is 11.1 Å². The molecule has 2 rings (SSSR count). The van der Waals surface area contributed by atoms with E-state index in [9.17, 15) is 4.79 Å².